The van der Waals surface area contributed by atoms with E-state index in [0.717, 1.165) is 12.8 Å². The lowest BCUT2D eigenvalue weighted by molar-refractivity contribution is -0.153. The van der Waals surface area contributed by atoms with Crippen molar-refractivity contribution < 1.29 is 9.53 Å². The highest BCUT2D eigenvalue weighted by atomic mass is 16.5. The van der Waals surface area contributed by atoms with Gasteiger partial charge in [0.1, 0.15) is 5.54 Å². The molecule has 0 aromatic heterocycles. The summed E-state index contributed by atoms with van der Waals surface area (Å²) in [5.41, 5.74) is 10.8. The van der Waals surface area contributed by atoms with Crippen LogP contribution in [0.3, 0.4) is 0 Å². The minimum absolute atomic E-state index is 0.337. The third-order valence-electron chi connectivity index (χ3n) is 3.41. The Labute approximate surface area is 98.7 Å². The van der Waals surface area contributed by atoms with E-state index in [2.05, 4.69) is 0 Å². The number of carbonyl (C=O) groups excluding carboxylic acids is 1. The maximum absolute atomic E-state index is 11.9. The first-order valence-corrected chi connectivity index (χ1v) is 6.16. The predicted octanol–water partition coefficient (Wildman–Crippen LogP) is 1.56. The van der Waals surface area contributed by atoms with Crippen molar-refractivity contribution in [2.24, 2.45) is 11.5 Å². The van der Waals surface area contributed by atoms with Gasteiger partial charge in [-0.25, -0.2) is 4.79 Å². The number of carbonyl (C=O) groups is 1. The zero-order valence-corrected chi connectivity index (χ0v) is 11.0. The lowest BCUT2D eigenvalue weighted by Gasteiger charge is -2.43. The second-order valence-corrected chi connectivity index (χ2v) is 4.31. The number of esters is 1. The van der Waals surface area contributed by atoms with Gasteiger partial charge in [0, 0.05) is 5.54 Å². The van der Waals surface area contributed by atoms with Gasteiger partial charge in [0.05, 0.1) is 6.61 Å². The second-order valence-electron chi connectivity index (χ2n) is 4.31. The summed E-state index contributed by atoms with van der Waals surface area (Å²) in [6.07, 6.45) is 2.80. The van der Waals surface area contributed by atoms with Crippen LogP contribution in [0, 0.1) is 0 Å². The van der Waals surface area contributed by atoms with E-state index >= 15 is 0 Å². The molecule has 0 radical (unpaired) electrons. The van der Waals surface area contributed by atoms with E-state index in [0.29, 0.717) is 19.4 Å². The van der Waals surface area contributed by atoms with Crippen molar-refractivity contribution in [2.75, 3.05) is 6.61 Å². The SMILES string of the molecule is CCCC(N)(CC)C(N)(CC)C(=O)OCC. The number of ether oxygens (including phenoxy) is 1. The summed E-state index contributed by atoms with van der Waals surface area (Å²) in [4.78, 5) is 11.9. The molecule has 0 fully saturated rings. The van der Waals surface area contributed by atoms with Gasteiger partial charge in [-0.1, -0.05) is 27.2 Å². The second kappa shape index (κ2) is 6.21. The Balaban J connectivity index is 5.10. The molecule has 2 atom stereocenters. The Bertz CT molecular complexity index is 233. The Morgan fingerprint density at radius 1 is 1.12 bits per heavy atom. The van der Waals surface area contributed by atoms with Gasteiger partial charge in [-0.05, 0) is 26.2 Å². The number of hydrogen-bond acceptors (Lipinski definition) is 4. The molecular weight excluding hydrogens is 204 g/mol. The smallest absolute Gasteiger partial charge is 0.328 e. The van der Waals surface area contributed by atoms with Crippen molar-refractivity contribution in [2.45, 2.75) is 64.5 Å². The van der Waals surface area contributed by atoms with Gasteiger partial charge in [-0.3, -0.25) is 0 Å². The zero-order chi connectivity index (χ0) is 12.8. The Morgan fingerprint density at radius 2 is 1.69 bits per heavy atom. The van der Waals surface area contributed by atoms with Gasteiger partial charge in [-0.2, -0.15) is 0 Å². The van der Waals surface area contributed by atoms with E-state index in [-0.39, 0.29) is 5.97 Å². The van der Waals surface area contributed by atoms with Crippen LogP contribution >= 0.6 is 0 Å². The quantitative estimate of drug-likeness (QED) is 0.651. The van der Waals surface area contributed by atoms with Crippen molar-refractivity contribution >= 4 is 5.97 Å². The largest absolute Gasteiger partial charge is 0.465 e. The van der Waals surface area contributed by atoms with Crippen molar-refractivity contribution in [3.63, 3.8) is 0 Å². The van der Waals surface area contributed by atoms with Gasteiger partial charge in [0.15, 0.2) is 0 Å². The lowest BCUT2D eigenvalue weighted by Crippen LogP contribution is -2.69. The maximum atomic E-state index is 11.9. The molecule has 0 spiro atoms. The summed E-state index contributed by atoms with van der Waals surface area (Å²) in [7, 11) is 0. The number of hydrogen-bond donors (Lipinski definition) is 2. The summed E-state index contributed by atoms with van der Waals surface area (Å²) < 4.78 is 5.05. The lowest BCUT2D eigenvalue weighted by atomic mass is 9.71. The molecular formula is C12H26N2O2. The molecule has 4 nitrogen and oxygen atoms in total. The Morgan fingerprint density at radius 3 is 2.00 bits per heavy atom. The van der Waals surface area contributed by atoms with Crippen LogP contribution in [0.1, 0.15) is 53.4 Å². The van der Waals surface area contributed by atoms with E-state index in [1.54, 1.807) is 6.92 Å². The first-order valence-electron chi connectivity index (χ1n) is 6.16. The highest BCUT2D eigenvalue weighted by Crippen LogP contribution is 2.30. The fourth-order valence-electron chi connectivity index (χ4n) is 2.12. The van der Waals surface area contributed by atoms with Crippen molar-refractivity contribution in [1.29, 1.82) is 0 Å². The summed E-state index contributed by atoms with van der Waals surface area (Å²) >= 11 is 0. The van der Waals surface area contributed by atoms with Crippen molar-refractivity contribution in [3.05, 3.63) is 0 Å². The van der Waals surface area contributed by atoms with Crippen LogP contribution in [0.5, 0.6) is 0 Å². The van der Waals surface area contributed by atoms with E-state index < -0.39 is 11.1 Å². The monoisotopic (exact) mass is 230 g/mol. The van der Waals surface area contributed by atoms with E-state index in [4.69, 9.17) is 16.2 Å². The van der Waals surface area contributed by atoms with Crippen LogP contribution in [0.4, 0.5) is 0 Å². The van der Waals surface area contributed by atoms with Gasteiger partial charge in [0.25, 0.3) is 0 Å². The molecule has 0 heterocycles. The molecule has 0 rings (SSSR count). The predicted molar refractivity (Wildman–Crippen MR) is 66.0 cm³/mol. The Hall–Kier alpha value is -0.610. The van der Waals surface area contributed by atoms with Crippen molar-refractivity contribution in [3.8, 4) is 0 Å². The standard InChI is InChI=1S/C12H26N2O2/c1-5-9-11(13,6-2)12(14,7-3)10(15)16-8-4/h5-9,13-14H2,1-4H3. The first kappa shape index (κ1) is 15.4. The van der Waals surface area contributed by atoms with Crippen LogP contribution in [0.25, 0.3) is 0 Å². The van der Waals surface area contributed by atoms with Gasteiger partial charge >= 0.3 is 5.97 Å². The molecule has 0 saturated heterocycles. The maximum Gasteiger partial charge on any atom is 0.328 e. The molecule has 0 aliphatic carbocycles. The van der Waals surface area contributed by atoms with E-state index in [1.165, 1.54) is 0 Å². The molecule has 16 heavy (non-hydrogen) atoms. The topological polar surface area (TPSA) is 78.3 Å². The summed E-state index contributed by atoms with van der Waals surface area (Å²) in [6, 6.07) is 0. The van der Waals surface area contributed by atoms with E-state index in [9.17, 15) is 4.79 Å². The van der Waals surface area contributed by atoms with Gasteiger partial charge in [0.2, 0.25) is 0 Å². The molecule has 0 amide bonds. The molecule has 0 saturated carbocycles. The molecule has 4 heteroatoms. The fourth-order valence-corrected chi connectivity index (χ4v) is 2.12. The third-order valence-corrected chi connectivity index (χ3v) is 3.41. The normalized spacial score (nSPS) is 18.6. The molecule has 0 aromatic carbocycles. The molecule has 0 aromatic rings. The molecule has 2 unspecified atom stereocenters. The summed E-state index contributed by atoms with van der Waals surface area (Å²) in [5, 5.41) is 0. The van der Waals surface area contributed by atoms with Crippen LogP contribution in [-0.2, 0) is 9.53 Å². The van der Waals surface area contributed by atoms with E-state index in [1.807, 2.05) is 20.8 Å². The summed E-state index contributed by atoms with van der Waals surface area (Å²) in [5.74, 6) is -0.379. The highest BCUT2D eigenvalue weighted by molar-refractivity contribution is 5.82. The molecule has 0 bridgehead atoms. The summed E-state index contributed by atoms with van der Waals surface area (Å²) in [6.45, 7) is 8.00. The Kier molecular flexibility index (Phi) is 5.97. The number of rotatable bonds is 7. The van der Waals surface area contributed by atoms with Crippen LogP contribution in [-0.4, -0.2) is 23.7 Å². The van der Waals surface area contributed by atoms with Crippen LogP contribution in [0.2, 0.25) is 0 Å². The molecule has 4 N–H and O–H groups in total. The number of nitrogens with two attached hydrogens (primary N) is 2. The molecule has 0 aliphatic rings. The molecule has 96 valence electrons. The van der Waals surface area contributed by atoms with Crippen LogP contribution < -0.4 is 11.5 Å². The zero-order valence-electron chi connectivity index (χ0n) is 11.0. The van der Waals surface area contributed by atoms with Crippen LogP contribution in [0.15, 0.2) is 0 Å². The molecule has 0 aliphatic heterocycles. The highest BCUT2D eigenvalue weighted by Gasteiger charge is 2.49. The third kappa shape index (κ3) is 2.74. The minimum Gasteiger partial charge on any atom is -0.465 e. The van der Waals surface area contributed by atoms with Gasteiger partial charge < -0.3 is 16.2 Å². The minimum atomic E-state index is -1.08. The fraction of sp³-hybridized carbons (Fsp3) is 0.917. The van der Waals surface area contributed by atoms with Crippen molar-refractivity contribution in [1.82, 2.24) is 0 Å². The first-order chi connectivity index (χ1) is 7.41. The average molecular weight is 230 g/mol. The average Bonchev–Trinajstić information content (AvgIpc) is 2.28. The van der Waals surface area contributed by atoms with Gasteiger partial charge in [-0.15, -0.1) is 0 Å².